The molecule has 2 aliphatic heterocycles. The molecular weight excluding hydrogens is 370 g/mol. The first-order valence-electron chi connectivity index (χ1n) is 9.05. The minimum Gasteiger partial charge on any atom is -0.381 e. The summed E-state index contributed by atoms with van der Waals surface area (Å²) in [4.78, 5) is 20.1. The van der Waals surface area contributed by atoms with Gasteiger partial charge in [-0.25, -0.2) is 4.79 Å². The van der Waals surface area contributed by atoms with E-state index in [-0.39, 0.29) is 6.03 Å². The first-order chi connectivity index (χ1) is 12.7. The van der Waals surface area contributed by atoms with Gasteiger partial charge in [0.1, 0.15) is 5.69 Å². The zero-order valence-corrected chi connectivity index (χ0v) is 16.1. The average Bonchev–Trinajstić information content (AvgIpc) is 3.32. The molecule has 1 N–H and O–H groups in total. The molecule has 4 rings (SSSR count). The molecule has 2 fully saturated rings. The maximum absolute atomic E-state index is 12.8. The Kier molecular flexibility index (Phi) is 5.43. The van der Waals surface area contributed by atoms with Crippen LogP contribution in [-0.4, -0.2) is 42.2 Å². The van der Waals surface area contributed by atoms with Crippen molar-refractivity contribution in [2.45, 2.75) is 19.3 Å². The standard InChI is InChI=1S/C19H22ClN3O2S/c20-17-4-3-16(26-17)18-15(2-1-8-21-18)22-19(24)23-9-5-14(12-23)13-6-10-25-11-7-13/h1-4,8,13-14H,5-7,9-12H2,(H,22,24). The minimum atomic E-state index is -0.0449. The van der Waals surface area contributed by atoms with E-state index < -0.39 is 0 Å². The van der Waals surface area contributed by atoms with Crippen LogP contribution in [-0.2, 0) is 4.74 Å². The molecule has 0 saturated carbocycles. The lowest BCUT2D eigenvalue weighted by molar-refractivity contribution is 0.0485. The third kappa shape index (κ3) is 3.87. The van der Waals surface area contributed by atoms with Gasteiger partial charge in [0.2, 0.25) is 0 Å². The number of nitrogens with one attached hydrogen (secondary N) is 1. The Balaban J connectivity index is 1.43. The fourth-order valence-corrected chi connectivity index (χ4v) is 4.94. The molecule has 26 heavy (non-hydrogen) atoms. The van der Waals surface area contributed by atoms with Crippen LogP contribution in [0.2, 0.25) is 4.34 Å². The molecule has 0 radical (unpaired) electrons. The van der Waals surface area contributed by atoms with Gasteiger partial charge in [-0.15, -0.1) is 11.3 Å². The van der Waals surface area contributed by atoms with Crippen molar-refractivity contribution < 1.29 is 9.53 Å². The number of hydrogen-bond acceptors (Lipinski definition) is 4. The fraction of sp³-hybridized carbons (Fsp3) is 0.474. The number of urea groups is 1. The second-order valence-electron chi connectivity index (χ2n) is 6.88. The molecule has 2 aliphatic rings. The number of pyridine rings is 1. The quantitative estimate of drug-likeness (QED) is 0.821. The highest BCUT2D eigenvalue weighted by atomic mass is 35.5. The number of anilines is 1. The van der Waals surface area contributed by atoms with Crippen molar-refractivity contribution in [2.75, 3.05) is 31.6 Å². The summed E-state index contributed by atoms with van der Waals surface area (Å²) in [6, 6.07) is 7.46. The molecule has 0 aliphatic carbocycles. The highest BCUT2D eigenvalue weighted by molar-refractivity contribution is 7.19. The topological polar surface area (TPSA) is 54.5 Å². The number of likely N-dealkylation sites (tertiary alicyclic amines) is 1. The number of ether oxygens (including phenoxy) is 1. The zero-order chi connectivity index (χ0) is 17.9. The SMILES string of the molecule is O=C(Nc1cccnc1-c1ccc(Cl)s1)N1CCC(C2CCOCC2)C1. The Morgan fingerprint density at radius 3 is 2.85 bits per heavy atom. The van der Waals surface area contributed by atoms with E-state index in [9.17, 15) is 4.79 Å². The van der Waals surface area contributed by atoms with E-state index in [1.54, 1.807) is 6.20 Å². The molecule has 7 heteroatoms. The zero-order valence-electron chi connectivity index (χ0n) is 14.5. The monoisotopic (exact) mass is 391 g/mol. The van der Waals surface area contributed by atoms with E-state index in [2.05, 4.69) is 10.3 Å². The molecule has 2 aromatic rings. The average molecular weight is 392 g/mol. The van der Waals surface area contributed by atoms with E-state index in [1.807, 2.05) is 29.2 Å². The highest BCUT2D eigenvalue weighted by Gasteiger charge is 2.32. The summed E-state index contributed by atoms with van der Waals surface area (Å²) in [5.41, 5.74) is 1.49. The first-order valence-corrected chi connectivity index (χ1v) is 10.2. The number of carbonyl (C=O) groups is 1. The highest BCUT2D eigenvalue weighted by Crippen LogP contribution is 2.35. The number of rotatable bonds is 3. The maximum atomic E-state index is 12.8. The summed E-state index contributed by atoms with van der Waals surface area (Å²) in [6.45, 7) is 3.36. The molecule has 0 spiro atoms. The number of carbonyl (C=O) groups excluding carboxylic acids is 1. The lowest BCUT2D eigenvalue weighted by atomic mass is 9.85. The molecule has 5 nitrogen and oxygen atoms in total. The number of amides is 2. The van der Waals surface area contributed by atoms with Crippen LogP contribution in [0.3, 0.4) is 0 Å². The second-order valence-corrected chi connectivity index (χ2v) is 8.59. The van der Waals surface area contributed by atoms with E-state index >= 15 is 0 Å². The van der Waals surface area contributed by atoms with Gasteiger partial charge in [-0.05, 0) is 55.4 Å². The van der Waals surface area contributed by atoms with Gasteiger partial charge in [0.25, 0.3) is 0 Å². The van der Waals surface area contributed by atoms with Gasteiger partial charge in [0.05, 0.1) is 14.9 Å². The Bertz CT molecular complexity index is 776. The molecule has 0 bridgehead atoms. The first kappa shape index (κ1) is 17.8. The predicted molar refractivity (Wildman–Crippen MR) is 105 cm³/mol. The Labute approximate surface area is 162 Å². The smallest absolute Gasteiger partial charge is 0.321 e. The van der Waals surface area contributed by atoms with E-state index in [4.69, 9.17) is 16.3 Å². The molecular formula is C19H22ClN3O2S. The molecule has 4 heterocycles. The predicted octanol–water partition coefficient (Wildman–Crippen LogP) is 4.74. The molecule has 1 atom stereocenters. The number of aromatic nitrogens is 1. The third-order valence-corrected chi connectivity index (χ3v) is 6.54. The Morgan fingerprint density at radius 1 is 1.23 bits per heavy atom. The van der Waals surface area contributed by atoms with Crippen molar-refractivity contribution in [3.8, 4) is 10.6 Å². The van der Waals surface area contributed by atoms with Gasteiger partial charge in [0.15, 0.2) is 0 Å². The van der Waals surface area contributed by atoms with Crippen LogP contribution in [0.25, 0.3) is 10.6 Å². The lowest BCUT2D eigenvalue weighted by Crippen LogP contribution is -2.34. The van der Waals surface area contributed by atoms with E-state index in [0.717, 1.165) is 61.8 Å². The maximum Gasteiger partial charge on any atom is 0.321 e. The van der Waals surface area contributed by atoms with Crippen molar-refractivity contribution in [1.29, 1.82) is 0 Å². The second kappa shape index (κ2) is 7.94. The number of hydrogen-bond donors (Lipinski definition) is 1. The summed E-state index contributed by atoms with van der Waals surface area (Å²) < 4.78 is 6.17. The Morgan fingerprint density at radius 2 is 2.08 bits per heavy atom. The normalized spacial score (nSPS) is 21.1. The summed E-state index contributed by atoms with van der Waals surface area (Å²) >= 11 is 7.51. The molecule has 0 aromatic carbocycles. The van der Waals surface area contributed by atoms with Gasteiger partial charge in [-0.1, -0.05) is 11.6 Å². The van der Waals surface area contributed by atoms with Crippen LogP contribution < -0.4 is 5.32 Å². The summed E-state index contributed by atoms with van der Waals surface area (Å²) in [6.07, 6.45) is 5.05. The largest absolute Gasteiger partial charge is 0.381 e. The summed E-state index contributed by atoms with van der Waals surface area (Å²) in [7, 11) is 0. The van der Waals surface area contributed by atoms with Crippen molar-refractivity contribution in [3.63, 3.8) is 0 Å². The van der Waals surface area contributed by atoms with Crippen molar-refractivity contribution >= 4 is 34.7 Å². The van der Waals surface area contributed by atoms with Crippen molar-refractivity contribution in [2.24, 2.45) is 11.8 Å². The van der Waals surface area contributed by atoms with Crippen molar-refractivity contribution in [1.82, 2.24) is 9.88 Å². The van der Waals surface area contributed by atoms with Gasteiger partial charge in [-0.3, -0.25) is 4.98 Å². The number of halogens is 1. The van der Waals surface area contributed by atoms with E-state index in [0.29, 0.717) is 16.2 Å². The van der Waals surface area contributed by atoms with E-state index in [1.165, 1.54) is 11.3 Å². The van der Waals surface area contributed by atoms with Gasteiger partial charge in [0, 0.05) is 32.5 Å². The molecule has 138 valence electrons. The summed E-state index contributed by atoms with van der Waals surface area (Å²) in [5, 5.41) is 3.05. The number of nitrogens with zero attached hydrogens (tertiary/aromatic N) is 2. The van der Waals surface area contributed by atoms with Crippen LogP contribution in [0.1, 0.15) is 19.3 Å². The van der Waals surface area contributed by atoms with Crippen molar-refractivity contribution in [3.05, 3.63) is 34.8 Å². The molecule has 2 saturated heterocycles. The van der Waals surface area contributed by atoms with Crippen LogP contribution in [0.5, 0.6) is 0 Å². The van der Waals surface area contributed by atoms with Crippen LogP contribution in [0.4, 0.5) is 10.5 Å². The van der Waals surface area contributed by atoms with Gasteiger partial charge in [-0.2, -0.15) is 0 Å². The lowest BCUT2D eigenvalue weighted by Gasteiger charge is -2.27. The Hall–Kier alpha value is -1.63. The summed E-state index contributed by atoms with van der Waals surface area (Å²) in [5.74, 6) is 1.28. The molecule has 2 aromatic heterocycles. The molecule has 2 amide bonds. The van der Waals surface area contributed by atoms with Gasteiger partial charge < -0.3 is 15.0 Å². The number of thiophene rings is 1. The third-order valence-electron chi connectivity index (χ3n) is 5.30. The van der Waals surface area contributed by atoms with Crippen LogP contribution in [0.15, 0.2) is 30.5 Å². The fourth-order valence-electron chi connectivity index (χ4n) is 3.88. The van der Waals surface area contributed by atoms with Crippen LogP contribution in [0, 0.1) is 11.8 Å². The van der Waals surface area contributed by atoms with Crippen LogP contribution >= 0.6 is 22.9 Å². The molecule has 1 unspecified atom stereocenters. The van der Waals surface area contributed by atoms with Gasteiger partial charge >= 0.3 is 6.03 Å². The minimum absolute atomic E-state index is 0.0449.